The maximum absolute atomic E-state index is 12.5. The molecule has 0 saturated carbocycles. The molecular weight excluding hydrogens is 388 g/mol. The van der Waals surface area contributed by atoms with Crippen LogP contribution in [0.2, 0.25) is 0 Å². The van der Waals surface area contributed by atoms with Gasteiger partial charge in [-0.05, 0) is 68.1 Å². The highest BCUT2D eigenvalue weighted by molar-refractivity contribution is 7.89. The molecule has 0 radical (unpaired) electrons. The van der Waals surface area contributed by atoms with Crippen LogP contribution in [0, 0.1) is 6.92 Å². The van der Waals surface area contributed by atoms with Crippen LogP contribution in [0.15, 0.2) is 47.4 Å². The molecule has 6 nitrogen and oxygen atoms in total. The van der Waals surface area contributed by atoms with E-state index in [0.717, 1.165) is 11.1 Å². The number of anilines is 1. The SMILES string of the molecule is Cc1ccc(C(C)C)c(OCC(=O)Nc2ccc(S(=O)(=O)N(C)C(C)C)cc2)c1. The number of sulfonamides is 1. The number of nitrogens with zero attached hydrogens (tertiary/aromatic N) is 1. The van der Waals surface area contributed by atoms with Gasteiger partial charge in [0.1, 0.15) is 5.75 Å². The third-order valence-corrected chi connectivity index (χ3v) is 6.74. The molecule has 0 fully saturated rings. The number of rotatable bonds is 8. The van der Waals surface area contributed by atoms with Crippen molar-refractivity contribution in [3.8, 4) is 5.75 Å². The van der Waals surface area contributed by atoms with Crippen LogP contribution in [0.5, 0.6) is 5.75 Å². The highest BCUT2D eigenvalue weighted by Gasteiger charge is 2.22. The highest BCUT2D eigenvalue weighted by atomic mass is 32.2. The summed E-state index contributed by atoms with van der Waals surface area (Å²) >= 11 is 0. The molecular formula is C22H30N2O4S. The van der Waals surface area contributed by atoms with E-state index in [4.69, 9.17) is 4.74 Å². The summed E-state index contributed by atoms with van der Waals surface area (Å²) in [6, 6.07) is 11.9. The lowest BCUT2D eigenvalue weighted by molar-refractivity contribution is -0.118. The molecule has 0 aliphatic carbocycles. The van der Waals surface area contributed by atoms with Crippen molar-refractivity contribution in [2.75, 3.05) is 19.0 Å². The largest absolute Gasteiger partial charge is 0.483 e. The van der Waals surface area contributed by atoms with Crippen molar-refractivity contribution < 1.29 is 17.9 Å². The molecule has 0 aliphatic heterocycles. The van der Waals surface area contributed by atoms with Crippen LogP contribution < -0.4 is 10.1 Å². The molecule has 1 N–H and O–H groups in total. The van der Waals surface area contributed by atoms with E-state index < -0.39 is 10.0 Å². The minimum atomic E-state index is -3.55. The number of nitrogens with one attached hydrogen (secondary N) is 1. The van der Waals surface area contributed by atoms with Crippen LogP contribution in [-0.2, 0) is 14.8 Å². The second kappa shape index (κ2) is 9.41. The van der Waals surface area contributed by atoms with Crippen LogP contribution in [0.1, 0.15) is 44.7 Å². The molecule has 7 heteroatoms. The molecule has 0 spiro atoms. The Bertz CT molecular complexity index is 951. The van der Waals surface area contributed by atoms with E-state index in [-0.39, 0.29) is 29.4 Å². The lowest BCUT2D eigenvalue weighted by Gasteiger charge is -2.21. The summed E-state index contributed by atoms with van der Waals surface area (Å²) in [5.74, 6) is 0.677. The Labute approximate surface area is 173 Å². The van der Waals surface area contributed by atoms with Crippen molar-refractivity contribution in [1.29, 1.82) is 0 Å². The number of amides is 1. The average Bonchev–Trinajstić information content (AvgIpc) is 2.65. The minimum Gasteiger partial charge on any atom is -0.483 e. The first-order valence-corrected chi connectivity index (χ1v) is 11.1. The molecule has 1 amide bonds. The summed E-state index contributed by atoms with van der Waals surface area (Å²) < 4.78 is 32.0. The van der Waals surface area contributed by atoms with Crippen molar-refractivity contribution in [2.24, 2.45) is 0 Å². The summed E-state index contributed by atoms with van der Waals surface area (Å²) in [6.45, 7) is 9.62. The molecule has 0 aliphatic rings. The normalized spacial score (nSPS) is 11.9. The Kier molecular flexibility index (Phi) is 7.43. The van der Waals surface area contributed by atoms with E-state index in [1.165, 1.54) is 16.4 Å². The van der Waals surface area contributed by atoms with Gasteiger partial charge in [-0.15, -0.1) is 0 Å². The predicted octanol–water partition coefficient (Wildman–Crippen LogP) is 4.16. The summed E-state index contributed by atoms with van der Waals surface area (Å²) in [6.07, 6.45) is 0. The third kappa shape index (κ3) is 5.81. The fourth-order valence-electron chi connectivity index (χ4n) is 2.74. The minimum absolute atomic E-state index is 0.126. The number of carbonyl (C=O) groups excluding carboxylic acids is 1. The molecule has 0 saturated heterocycles. The first kappa shape index (κ1) is 22.9. The van der Waals surface area contributed by atoms with E-state index >= 15 is 0 Å². The van der Waals surface area contributed by atoms with Gasteiger partial charge in [0.05, 0.1) is 4.90 Å². The van der Waals surface area contributed by atoms with Crippen LogP contribution in [0.25, 0.3) is 0 Å². The molecule has 0 heterocycles. The Balaban J connectivity index is 2.03. The highest BCUT2D eigenvalue weighted by Crippen LogP contribution is 2.27. The standard InChI is InChI=1S/C22H30N2O4S/c1-15(2)20-12-7-17(5)13-21(20)28-14-22(25)23-18-8-10-19(11-9-18)29(26,27)24(6)16(3)4/h7-13,15-16H,14H2,1-6H3,(H,23,25). The van der Waals surface area contributed by atoms with Crippen LogP contribution >= 0.6 is 0 Å². The fourth-order valence-corrected chi connectivity index (χ4v) is 4.11. The predicted molar refractivity (Wildman–Crippen MR) is 116 cm³/mol. The van der Waals surface area contributed by atoms with Gasteiger partial charge in [-0.1, -0.05) is 26.0 Å². The number of hydrogen-bond donors (Lipinski definition) is 1. The quantitative estimate of drug-likeness (QED) is 0.698. The number of aryl methyl sites for hydroxylation is 1. The number of carbonyl (C=O) groups is 1. The summed E-state index contributed by atoms with van der Waals surface area (Å²) in [7, 11) is -2.01. The fraction of sp³-hybridized carbons (Fsp3) is 0.409. The zero-order chi connectivity index (χ0) is 21.8. The number of hydrogen-bond acceptors (Lipinski definition) is 4. The molecule has 0 atom stereocenters. The van der Waals surface area contributed by atoms with Gasteiger partial charge < -0.3 is 10.1 Å². The van der Waals surface area contributed by atoms with E-state index in [0.29, 0.717) is 11.4 Å². The maximum Gasteiger partial charge on any atom is 0.262 e. The Hall–Kier alpha value is -2.38. The van der Waals surface area contributed by atoms with Crippen LogP contribution in [0.3, 0.4) is 0 Å². The Morgan fingerprint density at radius 3 is 2.24 bits per heavy atom. The monoisotopic (exact) mass is 418 g/mol. The van der Waals surface area contributed by atoms with E-state index in [9.17, 15) is 13.2 Å². The van der Waals surface area contributed by atoms with Crippen LogP contribution in [0.4, 0.5) is 5.69 Å². The van der Waals surface area contributed by atoms with Crippen molar-refractivity contribution >= 4 is 21.6 Å². The smallest absolute Gasteiger partial charge is 0.262 e. The first-order chi connectivity index (χ1) is 13.5. The van der Waals surface area contributed by atoms with Gasteiger partial charge in [0.25, 0.3) is 5.91 Å². The molecule has 0 aromatic heterocycles. The molecule has 29 heavy (non-hydrogen) atoms. The van der Waals surface area contributed by atoms with Gasteiger partial charge in [0.2, 0.25) is 10.0 Å². The van der Waals surface area contributed by atoms with Gasteiger partial charge >= 0.3 is 0 Å². The van der Waals surface area contributed by atoms with Crippen LogP contribution in [-0.4, -0.2) is 38.3 Å². The van der Waals surface area contributed by atoms with Gasteiger partial charge in [-0.2, -0.15) is 4.31 Å². The molecule has 2 aromatic rings. The number of ether oxygens (including phenoxy) is 1. The lowest BCUT2D eigenvalue weighted by Crippen LogP contribution is -2.33. The van der Waals surface area contributed by atoms with Crippen molar-refractivity contribution in [1.82, 2.24) is 4.31 Å². The number of benzene rings is 2. The molecule has 2 aromatic carbocycles. The van der Waals surface area contributed by atoms with Crippen molar-refractivity contribution in [3.05, 3.63) is 53.6 Å². The maximum atomic E-state index is 12.5. The second-order valence-corrected chi connectivity index (χ2v) is 9.67. The van der Waals surface area contributed by atoms with Gasteiger partial charge in [0, 0.05) is 18.8 Å². The average molecular weight is 419 g/mol. The van der Waals surface area contributed by atoms with Gasteiger partial charge in [-0.25, -0.2) is 8.42 Å². The van der Waals surface area contributed by atoms with Gasteiger partial charge in [-0.3, -0.25) is 4.79 Å². The topological polar surface area (TPSA) is 75.7 Å². The second-order valence-electron chi connectivity index (χ2n) is 7.67. The molecule has 158 valence electrons. The van der Waals surface area contributed by atoms with E-state index in [1.807, 2.05) is 39.0 Å². The molecule has 0 bridgehead atoms. The van der Waals surface area contributed by atoms with Crippen molar-refractivity contribution in [3.63, 3.8) is 0 Å². The summed E-state index contributed by atoms with van der Waals surface area (Å²) in [4.78, 5) is 12.5. The summed E-state index contributed by atoms with van der Waals surface area (Å²) in [5.41, 5.74) is 2.62. The van der Waals surface area contributed by atoms with E-state index in [2.05, 4.69) is 19.2 Å². The molecule has 2 rings (SSSR count). The Morgan fingerprint density at radius 1 is 1.07 bits per heavy atom. The zero-order valence-electron chi connectivity index (χ0n) is 17.9. The van der Waals surface area contributed by atoms with E-state index in [1.54, 1.807) is 19.2 Å². The van der Waals surface area contributed by atoms with Gasteiger partial charge in [0.15, 0.2) is 6.61 Å². The summed E-state index contributed by atoms with van der Waals surface area (Å²) in [5, 5.41) is 2.73. The first-order valence-electron chi connectivity index (χ1n) is 9.63. The Morgan fingerprint density at radius 2 is 1.69 bits per heavy atom. The molecule has 0 unspecified atom stereocenters. The van der Waals surface area contributed by atoms with Crippen molar-refractivity contribution in [2.45, 2.75) is 51.5 Å². The third-order valence-electron chi connectivity index (χ3n) is 4.69. The lowest BCUT2D eigenvalue weighted by atomic mass is 10.0. The zero-order valence-corrected chi connectivity index (χ0v) is 18.7.